The Hall–Kier alpha value is -1.99. The number of rotatable bonds is 2. The maximum Gasteiger partial charge on any atom is 0.513 e. The summed E-state index contributed by atoms with van der Waals surface area (Å²) in [5.74, 6) is 0.658. The molecule has 0 saturated carbocycles. The number of nitrogens with zero attached hydrogens (tertiary/aromatic N) is 1. The van der Waals surface area contributed by atoms with Crippen molar-refractivity contribution >= 4 is 29.7 Å². The number of fused-ring (bicyclic) bond motifs is 1. The molecule has 0 bridgehead atoms. The van der Waals surface area contributed by atoms with Gasteiger partial charge >= 0.3 is 13.2 Å². The molecule has 1 fully saturated rings. The van der Waals surface area contributed by atoms with Crippen molar-refractivity contribution < 1.29 is 23.6 Å². The van der Waals surface area contributed by atoms with E-state index in [1.807, 2.05) is 72.7 Å². The van der Waals surface area contributed by atoms with Crippen LogP contribution in [0.15, 0.2) is 24.3 Å². The lowest BCUT2D eigenvalue weighted by Crippen LogP contribution is -2.43. The van der Waals surface area contributed by atoms with Crippen LogP contribution in [0.4, 0.5) is 4.79 Å². The summed E-state index contributed by atoms with van der Waals surface area (Å²) in [4.78, 5) is 13.0. The fourth-order valence-corrected chi connectivity index (χ4v) is 2.98. The second kappa shape index (κ2) is 6.28. The van der Waals surface area contributed by atoms with Crippen LogP contribution in [-0.2, 0) is 14.0 Å². The molecule has 0 spiro atoms. The highest BCUT2D eigenvalue weighted by Gasteiger charge is 2.53. The normalized spacial score (nSPS) is 18.7. The molecule has 0 atom stereocenters. The second-order valence-corrected chi connectivity index (χ2v) is 8.90. The number of hydrogen-bond acceptors (Lipinski definition) is 5. The van der Waals surface area contributed by atoms with Crippen molar-refractivity contribution in [3.05, 3.63) is 24.3 Å². The van der Waals surface area contributed by atoms with Crippen LogP contribution in [0.5, 0.6) is 5.75 Å². The number of aromatic nitrogens is 1. The average Bonchev–Trinajstić information content (AvgIpc) is 2.99. The monoisotopic (exact) mass is 373 g/mol. The van der Waals surface area contributed by atoms with E-state index in [-0.39, 0.29) is 0 Å². The van der Waals surface area contributed by atoms with Crippen molar-refractivity contribution in [1.82, 2.24) is 4.57 Å². The zero-order chi connectivity index (χ0) is 20.2. The van der Waals surface area contributed by atoms with Gasteiger partial charge in [0, 0.05) is 11.5 Å². The summed E-state index contributed by atoms with van der Waals surface area (Å²) in [6.07, 6.45) is -0.476. The number of benzene rings is 1. The summed E-state index contributed by atoms with van der Waals surface area (Å²) in [6, 6.07) is 7.48. The van der Waals surface area contributed by atoms with Crippen LogP contribution in [0.1, 0.15) is 48.5 Å². The third-order valence-corrected chi connectivity index (χ3v) is 5.11. The first-order valence-electron chi connectivity index (χ1n) is 9.13. The highest BCUT2D eigenvalue weighted by Crippen LogP contribution is 2.37. The molecule has 2 heterocycles. The smallest absolute Gasteiger partial charge is 0.497 e. The van der Waals surface area contributed by atoms with Crippen molar-refractivity contribution in [3.8, 4) is 5.75 Å². The first kappa shape index (κ1) is 19.8. The summed E-state index contributed by atoms with van der Waals surface area (Å²) in [7, 11) is 0.915. The van der Waals surface area contributed by atoms with Gasteiger partial charge in [-0.05, 0) is 66.7 Å². The van der Waals surface area contributed by atoms with Crippen LogP contribution in [0.25, 0.3) is 10.9 Å². The topological polar surface area (TPSA) is 58.9 Å². The van der Waals surface area contributed by atoms with Gasteiger partial charge in [0.25, 0.3) is 0 Å². The van der Waals surface area contributed by atoms with E-state index in [9.17, 15) is 4.79 Å². The average molecular weight is 373 g/mol. The van der Waals surface area contributed by atoms with E-state index in [2.05, 4.69) is 0 Å². The first-order chi connectivity index (χ1) is 12.3. The van der Waals surface area contributed by atoms with Gasteiger partial charge in [-0.1, -0.05) is 0 Å². The molecule has 0 radical (unpaired) electrons. The second-order valence-electron chi connectivity index (χ2n) is 8.90. The molecule has 6 nitrogen and oxygen atoms in total. The number of carbonyl (C=O) groups is 1. The molecule has 0 aliphatic carbocycles. The zero-order valence-electron chi connectivity index (χ0n) is 17.4. The van der Waals surface area contributed by atoms with E-state index in [4.69, 9.17) is 18.8 Å². The highest BCUT2D eigenvalue weighted by molar-refractivity contribution is 6.62. The number of methoxy groups -OCH3 is 1. The largest absolute Gasteiger partial charge is 0.513 e. The molecule has 1 aromatic carbocycles. The standard InChI is InChI=1S/C20H28BNO5/c1-18(2,3)25-17(23)22-15-12-14(24-8)10-9-13(15)11-16(22)21-26-19(4,5)20(6,7)27-21/h9-12H,1-8H3. The quantitative estimate of drug-likeness (QED) is 0.751. The fourth-order valence-electron chi connectivity index (χ4n) is 2.98. The van der Waals surface area contributed by atoms with Gasteiger partial charge in [-0.25, -0.2) is 4.79 Å². The van der Waals surface area contributed by atoms with Crippen LogP contribution in [-0.4, -0.2) is 41.7 Å². The minimum absolute atomic E-state index is 0.476. The van der Waals surface area contributed by atoms with E-state index in [1.54, 1.807) is 7.11 Å². The third kappa shape index (κ3) is 3.58. The molecule has 1 aliphatic rings. The summed E-state index contributed by atoms with van der Waals surface area (Å²) in [5, 5.41) is 0.881. The van der Waals surface area contributed by atoms with E-state index in [0.29, 0.717) is 16.9 Å². The SMILES string of the molecule is COc1ccc2cc(B3OC(C)(C)C(C)(C)O3)n(C(=O)OC(C)(C)C)c2c1. The van der Waals surface area contributed by atoms with E-state index in [0.717, 1.165) is 5.39 Å². The van der Waals surface area contributed by atoms with Crippen LogP contribution in [0, 0.1) is 0 Å². The van der Waals surface area contributed by atoms with Gasteiger partial charge in [0.2, 0.25) is 0 Å². The van der Waals surface area contributed by atoms with Crippen LogP contribution in [0.2, 0.25) is 0 Å². The molecule has 1 saturated heterocycles. The molecule has 3 rings (SSSR count). The van der Waals surface area contributed by atoms with Gasteiger partial charge in [-0.2, -0.15) is 0 Å². The minimum Gasteiger partial charge on any atom is -0.497 e. The highest BCUT2D eigenvalue weighted by atomic mass is 16.7. The molecule has 1 aliphatic heterocycles. The molecule has 0 N–H and O–H groups in total. The van der Waals surface area contributed by atoms with Crippen molar-refractivity contribution in [2.24, 2.45) is 0 Å². The van der Waals surface area contributed by atoms with Crippen molar-refractivity contribution in [2.45, 2.75) is 65.3 Å². The zero-order valence-corrected chi connectivity index (χ0v) is 17.4. The Morgan fingerprint density at radius 3 is 2.19 bits per heavy atom. The molecular weight excluding hydrogens is 345 g/mol. The van der Waals surface area contributed by atoms with Gasteiger partial charge in [-0.15, -0.1) is 0 Å². The first-order valence-corrected chi connectivity index (χ1v) is 9.13. The van der Waals surface area contributed by atoms with Crippen molar-refractivity contribution in [2.75, 3.05) is 7.11 Å². The van der Waals surface area contributed by atoms with Gasteiger partial charge in [0.05, 0.1) is 29.4 Å². The van der Waals surface area contributed by atoms with Gasteiger partial charge in [0.1, 0.15) is 11.4 Å². The van der Waals surface area contributed by atoms with Crippen molar-refractivity contribution in [3.63, 3.8) is 0 Å². The summed E-state index contributed by atoms with van der Waals surface area (Å²) >= 11 is 0. The van der Waals surface area contributed by atoms with Crippen LogP contribution < -0.4 is 10.3 Å². The Labute approximate surface area is 160 Å². The molecule has 2 aromatic rings. The Bertz CT molecular complexity index is 862. The van der Waals surface area contributed by atoms with Crippen molar-refractivity contribution in [1.29, 1.82) is 0 Å². The summed E-state index contributed by atoms with van der Waals surface area (Å²) in [5.41, 5.74) is -0.353. The Balaban J connectivity index is 2.15. The summed E-state index contributed by atoms with van der Waals surface area (Å²) in [6.45, 7) is 13.4. The fraction of sp³-hybridized carbons (Fsp3) is 0.550. The van der Waals surface area contributed by atoms with E-state index >= 15 is 0 Å². The molecule has 1 aromatic heterocycles. The maximum absolute atomic E-state index is 13.0. The molecule has 7 heteroatoms. The molecule has 0 unspecified atom stereocenters. The number of hydrogen-bond donors (Lipinski definition) is 0. The lowest BCUT2D eigenvalue weighted by molar-refractivity contribution is 0.00578. The lowest BCUT2D eigenvalue weighted by Gasteiger charge is -2.32. The number of carbonyl (C=O) groups excluding carboxylic acids is 1. The molecule has 27 heavy (non-hydrogen) atoms. The molecule has 146 valence electrons. The van der Waals surface area contributed by atoms with E-state index < -0.39 is 30.0 Å². The Kier molecular flexibility index (Phi) is 4.60. The summed E-state index contributed by atoms with van der Waals surface area (Å²) < 4.78 is 24.8. The number of ether oxygens (including phenoxy) is 2. The predicted octanol–water partition coefficient (Wildman–Crippen LogP) is 3.73. The Morgan fingerprint density at radius 2 is 1.67 bits per heavy atom. The van der Waals surface area contributed by atoms with Crippen LogP contribution in [0.3, 0.4) is 0 Å². The lowest BCUT2D eigenvalue weighted by atomic mass is 9.84. The van der Waals surface area contributed by atoms with Gasteiger partial charge in [0.15, 0.2) is 0 Å². The van der Waals surface area contributed by atoms with Crippen LogP contribution >= 0.6 is 0 Å². The molecule has 0 amide bonds. The van der Waals surface area contributed by atoms with Gasteiger partial charge in [-0.3, -0.25) is 4.57 Å². The predicted molar refractivity (Wildman–Crippen MR) is 106 cm³/mol. The van der Waals surface area contributed by atoms with Gasteiger partial charge < -0.3 is 18.8 Å². The third-order valence-electron chi connectivity index (χ3n) is 5.11. The Morgan fingerprint density at radius 1 is 1.07 bits per heavy atom. The maximum atomic E-state index is 13.0. The molecular formula is C20H28BNO5. The minimum atomic E-state index is -0.680. The van der Waals surface area contributed by atoms with E-state index in [1.165, 1.54) is 4.57 Å².